The number of benzene rings is 1. The molecule has 1 N–H and O–H groups in total. The summed E-state index contributed by atoms with van der Waals surface area (Å²) in [4.78, 5) is 14.3. The van der Waals surface area contributed by atoms with Gasteiger partial charge in [0.05, 0.1) is 22.9 Å². The molecular formula is C14H11F6NO2S. The van der Waals surface area contributed by atoms with E-state index in [1.807, 2.05) is 0 Å². The summed E-state index contributed by atoms with van der Waals surface area (Å²) in [5, 5.41) is -4.90. The number of halogens is 6. The second-order valence-electron chi connectivity index (χ2n) is 4.86. The van der Waals surface area contributed by atoms with Crippen molar-refractivity contribution in [3.8, 4) is 5.75 Å². The van der Waals surface area contributed by atoms with E-state index in [1.165, 1.54) is 32.2 Å². The molecule has 0 fully saturated rings. The minimum Gasteiger partial charge on any atom is -0.495 e. The molecule has 1 aromatic heterocycles. The van der Waals surface area contributed by atoms with E-state index in [-0.39, 0.29) is 22.3 Å². The van der Waals surface area contributed by atoms with Gasteiger partial charge in [-0.1, -0.05) is 6.07 Å². The molecule has 10 heteroatoms. The first-order chi connectivity index (χ1) is 11.0. The third-order valence-corrected chi connectivity index (χ3v) is 4.35. The molecule has 0 aliphatic carbocycles. The van der Waals surface area contributed by atoms with E-state index in [1.54, 1.807) is 0 Å². The molecule has 24 heavy (non-hydrogen) atoms. The molecule has 1 aromatic carbocycles. The molecule has 0 unspecified atom stereocenters. The highest BCUT2D eigenvalue weighted by atomic mass is 32.2. The van der Waals surface area contributed by atoms with Crippen molar-refractivity contribution in [1.82, 2.24) is 4.98 Å². The average molecular weight is 371 g/mol. The predicted octanol–water partition coefficient (Wildman–Crippen LogP) is 4.43. The van der Waals surface area contributed by atoms with Crippen LogP contribution in [-0.4, -0.2) is 29.7 Å². The SMILES string of the molecule is COc1cccc2c(=O)c(SC(F)(F)[C@@H](F)C(F)(F)F)c(C)[nH]c12. The molecule has 132 valence electrons. The number of H-pyrrole nitrogens is 1. The molecule has 2 rings (SSSR count). The van der Waals surface area contributed by atoms with Gasteiger partial charge in [0.1, 0.15) is 5.75 Å². The third kappa shape index (κ3) is 3.33. The summed E-state index contributed by atoms with van der Waals surface area (Å²) in [7, 11) is 1.33. The van der Waals surface area contributed by atoms with Crippen LogP contribution in [0.5, 0.6) is 5.75 Å². The minimum absolute atomic E-state index is 0.0549. The Hall–Kier alpha value is -1.84. The largest absolute Gasteiger partial charge is 0.495 e. The van der Waals surface area contributed by atoms with Gasteiger partial charge in [0.15, 0.2) is 0 Å². The highest BCUT2D eigenvalue weighted by molar-refractivity contribution is 8.00. The summed E-state index contributed by atoms with van der Waals surface area (Å²) in [5.41, 5.74) is -0.835. The fraction of sp³-hybridized carbons (Fsp3) is 0.357. The molecule has 0 amide bonds. The van der Waals surface area contributed by atoms with Crippen LogP contribution in [0.25, 0.3) is 10.9 Å². The highest BCUT2D eigenvalue weighted by Gasteiger charge is 2.57. The van der Waals surface area contributed by atoms with Crippen LogP contribution in [0.2, 0.25) is 0 Å². The normalized spacial score (nSPS) is 14.0. The monoisotopic (exact) mass is 371 g/mol. The number of thioether (sulfide) groups is 1. The average Bonchev–Trinajstić information content (AvgIpc) is 2.49. The zero-order valence-corrected chi connectivity index (χ0v) is 13.1. The van der Waals surface area contributed by atoms with E-state index < -0.39 is 39.7 Å². The maximum atomic E-state index is 13.6. The number of pyridine rings is 1. The number of aromatic nitrogens is 1. The molecule has 1 atom stereocenters. The summed E-state index contributed by atoms with van der Waals surface area (Å²) >= 11 is -0.751. The van der Waals surface area contributed by atoms with Crippen LogP contribution < -0.4 is 10.2 Å². The number of hydrogen-bond donors (Lipinski definition) is 1. The van der Waals surface area contributed by atoms with E-state index in [9.17, 15) is 31.1 Å². The number of alkyl halides is 6. The lowest BCUT2D eigenvalue weighted by molar-refractivity contribution is -0.219. The Balaban J connectivity index is 2.57. The molecule has 0 saturated heterocycles. The van der Waals surface area contributed by atoms with Crippen molar-refractivity contribution in [3.63, 3.8) is 0 Å². The molecule has 0 aliphatic heterocycles. The van der Waals surface area contributed by atoms with E-state index in [4.69, 9.17) is 4.74 Å². The number of ether oxygens (including phenoxy) is 1. The van der Waals surface area contributed by atoms with Crippen molar-refractivity contribution < 1.29 is 31.1 Å². The molecule has 1 heterocycles. The van der Waals surface area contributed by atoms with Crippen molar-refractivity contribution in [2.24, 2.45) is 0 Å². The van der Waals surface area contributed by atoms with Crippen molar-refractivity contribution in [2.75, 3.05) is 7.11 Å². The number of rotatable bonds is 4. The number of methoxy groups -OCH3 is 1. The fourth-order valence-electron chi connectivity index (χ4n) is 2.06. The molecule has 3 nitrogen and oxygen atoms in total. The van der Waals surface area contributed by atoms with Crippen molar-refractivity contribution in [3.05, 3.63) is 34.1 Å². The maximum absolute atomic E-state index is 13.6. The van der Waals surface area contributed by atoms with Gasteiger partial charge in [0.2, 0.25) is 5.43 Å². The second kappa shape index (κ2) is 6.23. The molecule has 0 radical (unpaired) electrons. The first-order valence-electron chi connectivity index (χ1n) is 6.46. The topological polar surface area (TPSA) is 42.1 Å². The lowest BCUT2D eigenvalue weighted by atomic mass is 10.2. The van der Waals surface area contributed by atoms with Gasteiger partial charge in [0, 0.05) is 5.69 Å². The Bertz CT molecular complexity index is 817. The second-order valence-corrected chi connectivity index (χ2v) is 6.02. The van der Waals surface area contributed by atoms with Crippen LogP contribution in [0.4, 0.5) is 26.3 Å². The fourth-order valence-corrected chi connectivity index (χ4v) is 2.97. The number of para-hydroxylation sites is 1. The Morgan fingerprint density at radius 2 is 1.83 bits per heavy atom. The molecule has 0 spiro atoms. The number of hydrogen-bond acceptors (Lipinski definition) is 3. The van der Waals surface area contributed by atoms with Crippen LogP contribution in [0.1, 0.15) is 5.69 Å². The molecular weight excluding hydrogens is 360 g/mol. The van der Waals surface area contributed by atoms with E-state index in [2.05, 4.69) is 4.98 Å². The van der Waals surface area contributed by atoms with Gasteiger partial charge in [-0.15, -0.1) is 0 Å². The van der Waals surface area contributed by atoms with E-state index >= 15 is 0 Å². The summed E-state index contributed by atoms with van der Waals surface area (Å²) in [6.07, 6.45) is -10.1. The third-order valence-electron chi connectivity index (χ3n) is 3.17. The van der Waals surface area contributed by atoms with Gasteiger partial charge >= 0.3 is 11.4 Å². The van der Waals surface area contributed by atoms with Crippen LogP contribution >= 0.6 is 11.8 Å². The van der Waals surface area contributed by atoms with Gasteiger partial charge in [-0.2, -0.15) is 22.0 Å². The number of aryl methyl sites for hydroxylation is 1. The first-order valence-corrected chi connectivity index (χ1v) is 7.28. The summed E-state index contributed by atoms with van der Waals surface area (Å²) in [6, 6.07) is 4.24. The van der Waals surface area contributed by atoms with Gasteiger partial charge in [0.25, 0.3) is 6.17 Å². The Labute approximate surface area is 136 Å². The predicted molar refractivity (Wildman–Crippen MR) is 77.6 cm³/mol. The van der Waals surface area contributed by atoms with Gasteiger partial charge in [-0.3, -0.25) is 4.79 Å². The lowest BCUT2D eigenvalue weighted by Crippen LogP contribution is -2.39. The quantitative estimate of drug-likeness (QED) is 0.639. The van der Waals surface area contributed by atoms with Gasteiger partial charge in [-0.25, -0.2) is 4.39 Å². The van der Waals surface area contributed by atoms with Crippen LogP contribution in [0, 0.1) is 6.92 Å². The summed E-state index contributed by atoms with van der Waals surface area (Å²) in [6.45, 7) is 1.23. The zero-order chi connectivity index (χ0) is 18.3. The molecule has 2 aromatic rings. The van der Waals surface area contributed by atoms with Crippen LogP contribution in [-0.2, 0) is 0 Å². The zero-order valence-electron chi connectivity index (χ0n) is 12.3. The number of nitrogens with one attached hydrogen (secondary N) is 1. The summed E-state index contributed by atoms with van der Waals surface area (Å²) < 4.78 is 81.9. The van der Waals surface area contributed by atoms with Gasteiger partial charge < -0.3 is 9.72 Å². The van der Waals surface area contributed by atoms with Crippen molar-refractivity contribution >= 4 is 22.7 Å². The first kappa shape index (κ1) is 18.5. The van der Waals surface area contributed by atoms with E-state index in [0.29, 0.717) is 0 Å². The van der Waals surface area contributed by atoms with Crippen molar-refractivity contribution in [1.29, 1.82) is 0 Å². The molecule has 0 bridgehead atoms. The van der Waals surface area contributed by atoms with Gasteiger partial charge in [-0.05, 0) is 30.8 Å². The standard InChI is InChI=1S/C14H11F6NO2S/c1-6-11(24-14(19,20)12(15)13(16,17)18)10(22)7-4-3-5-8(23-2)9(7)21-6/h3-5,12H,1-2H3,(H,21,22)/t12-/m0/s1. The minimum atomic E-state index is -5.74. The van der Waals surface area contributed by atoms with Crippen molar-refractivity contribution in [2.45, 2.75) is 29.4 Å². The van der Waals surface area contributed by atoms with E-state index in [0.717, 1.165) is 0 Å². The number of aromatic amines is 1. The number of fused-ring (bicyclic) bond motifs is 1. The Kier molecular flexibility index (Phi) is 4.80. The Morgan fingerprint density at radius 3 is 2.38 bits per heavy atom. The molecule has 0 aliphatic rings. The highest BCUT2D eigenvalue weighted by Crippen LogP contribution is 2.45. The molecule has 0 saturated carbocycles. The van der Waals surface area contributed by atoms with Crippen LogP contribution in [0.15, 0.2) is 27.9 Å². The Morgan fingerprint density at radius 1 is 1.21 bits per heavy atom. The summed E-state index contributed by atoms with van der Waals surface area (Å²) in [5.74, 6) is 0.259. The van der Waals surface area contributed by atoms with Crippen LogP contribution in [0.3, 0.4) is 0 Å². The lowest BCUT2D eigenvalue weighted by Gasteiger charge is -2.22. The maximum Gasteiger partial charge on any atom is 0.426 e. The smallest absolute Gasteiger partial charge is 0.426 e.